The lowest BCUT2D eigenvalue weighted by molar-refractivity contribution is -0.121. The number of hydrogen-bond donors (Lipinski definition) is 2. The van der Waals surface area contributed by atoms with Gasteiger partial charge < -0.3 is 10.6 Å². The lowest BCUT2D eigenvalue weighted by atomic mass is 10.2. The van der Waals surface area contributed by atoms with Crippen LogP contribution in [0.3, 0.4) is 0 Å². The van der Waals surface area contributed by atoms with Gasteiger partial charge in [-0.25, -0.2) is 4.39 Å². The molecule has 1 unspecified atom stereocenters. The number of nitrogens with one attached hydrogen (secondary N) is 2. The zero-order valence-corrected chi connectivity index (χ0v) is 10.1. The maximum Gasteiger partial charge on any atom is 0.241 e. The van der Waals surface area contributed by atoms with Gasteiger partial charge in [0.25, 0.3) is 0 Å². The van der Waals surface area contributed by atoms with Crippen LogP contribution in [0.1, 0.15) is 6.92 Å². The molecule has 1 aromatic carbocycles. The lowest BCUT2D eigenvalue weighted by Crippen LogP contribution is -2.35. The van der Waals surface area contributed by atoms with Crippen LogP contribution in [0.5, 0.6) is 0 Å². The molecule has 0 aliphatic heterocycles. The largest absolute Gasteiger partial charge is 0.373 e. The van der Waals surface area contributed by atoms with Crippen molar-refractivity contribution in [2.45, 2.75) is 13.0 Å². The van der Waals surface area contributed by atoms with Crippen molar-refractivity contribution >= 4 is 27.5 Å². The minimum absolute atomic E-state index is 0.147. The van der Waals surface area contributed by atoms with Crippen molar-refractivity contribution in [2.24, 2.45) is 0 Å². The molecule has 0 saturated carbocycles. The first kappa shape index (κ1) is 12.0. The molecular weight excluding hydrogens is 263 g/mol. The number of amides is 1. The van der Waals surface area contributed by atoms with Crippen LogP contribution < -0.4 is 10.6 Å². The van der Waals surface area contributed by atoms with E-state index in [1.165, 1.54) is 12.1 Å². The van der Waals surface area contributed by atoms with E-state index >= 15 is 0 Å². The predicted molar refractivity (Wildman–Crippen MR) is 61.3 cm³/mol. The number of hydrogen-bond acceptors (Lipinski definition) is 2. The Balaban J connectivity index is 2.80. The molecule has 3 nitrogen and oxygen atoms in total. The Morgan fingerprint density at radius 2 is 2.20 bits per heavy atom. The number of rotatable bonds is 3. The molecule has 1 atom stereocenters. The highest BCUT2D eigenvalue weighted by Gasteiger charge is 2.12. The topological polar surface area (TPSA) is 41.1 Å². The summed E-state index contributed by atoms with van der Waals surface area (Å²) < 4.78 is 13.6. The first-order valence-electron chi connectivity index (χ1n) is 4.47. The molecule has 0 radical (unpaired) electrons. The molecule has 15 heavy (non-hydrogen) atoms. The van der Waals surface area contributed by atoms with Gasteiger partial charge in [-0.2, -0.15) is 0 Å². The van der Waals surface area contributed by atoms with Gasteiger partial charge >= 0.3 is 0 Å². The molecule has 1 rings (SSSR count). The van der Waals surface area contributed by atoms with Gasteiger partial charge in [0, 0.05) is 11.5 Å². The Labute approximate surface area is 96.2 Å². The van der Waals surface area contributed by atoms with Crippen LogP contribution in [0.4, 0.5) is 10.1 Å². The second-order valence-corrected chi connectivity index (χ2v) is 3.96. The summed E-state index contributed by atoms with van der Waals surface area (Å²) in [7, 11) is 1.56. The summed E-state index contributed by atoms with van der Waals surface area (Å²) in [5, 5.41) is 5.41. The van der Waals surface area contributed by atoms with Crippen molar-refractivity contribution in [3.8, 4) is 0 Å². The van der Waals surface area contributed by atoms with Crippen LogP contribution in [-0.4, -0.2) is 19.0 Å². The molecule has 82 valence electrons. The Hall–Kier alpha value is -1.10. The Kier molecular flexibility index (Phi) is 4.08. The van der Waals surface area contributed by atoms with Crippen molar-refractivity contribution in [2.75, 3.05) is 12.4 Å². The van der Waals surface area contributed by atoms with E-state index in [1.807, 2.05) is 0 Å². The highest BCUT2D eigenvalue weighted by molar-refractivity contribution is 9.10. The molecule has 2 N–H and O–H groups in total. The van der Waals surface area contributed by atoms with Gasteiger partial charge in [0.05, 0.1) is 5.69 Å². The number of carbonyl (C=O) groups is 1. The quantitative estimate of drug-likeness (QED) is 0.887. The average molecular weight is 275 g/mol. The second kappa shape index (κ2) is 5.11. The molecule has 0 heterocycles. The molecule has 5 heteroatoms. The van der Waals surface area contributed by atoms with Gasteiger partial charge in [0.1, 0.15) is 11.9 Å². The third-order valence-electron chi connectivity index (χ3n) is 1.94. The molecule has 0 bridgehead atoms. The van der Waals surface area contributed by atoms with Crippen LogP contribution in [-0.2, 0) is 4.79 Å². The molecule has 0 saturated heterocycles. The second-order valence-electron chi connectivity index (χ2n) is 3.10. The van der Waals surface area contributed by atoms with Gasteiger partial charge in [-0.15, -0.1) is 0 Å². The van der Waals surface area contributed by atoms with Crippen LogP contribution in [0.15, 0.2) is 22.7 Å². The van der Waals surface area contributed by atoms with E-state index in [9.17, 15) is 9.18 Å². The van der Waals surface area contributed by atoms with E-state index in [0.717, 1.165) is 4.47 Å². The van der Waals surface area contributed by atoms with E-state index in [0.29, 0.717) is 5.69 Å². The number of anilines is 1. The van der Waals surface area contributed by atoms with E-state index in [2.05, 4.69) is 26.6 Å². The van der Waals surface area contributed by atoms with E-state index in [1.54, 1.807) is 20.0 Å². The van der Waals surface area contributed by atoms with Crippen molar-refractivity contribution in [1.29, 1.82) is 0 Å². The number of halogens is 2. The van der Waals surface area contributed by atoms with Crippen LogP contribution >= 0.6 is 15.9 Å². The Morgan fingerprint density at radius 3 is 2.80 bits per heavy atom. The molecule has 0 aromatic heterocycles. The normalized spacial score (nSPS) is 12.0. The minimum atomic E-state index is -0.409. The molecule has 0 aliphatic rings. The van der Waals surface area contributed by atoms with E-state index < -0.39 is 6.04 Å². The molecule has 0 fully saturated rings. The number of benzene rings is 1. The average Bonchev–Trinajstić information content (AvgIpc) is 2.22. The van der Waals surface area contributed by atoms with Crippen molar-refractivity contribution in [3.63, 3.8) is 0 Å². The summed E-state index contributed by atoms with van der Waals surface area (Å²) in [6.07, 6.45) is 0. The third-order valence-corrected chi connectivity index (χ3v) is 2.63. The maximum atomic E-state index is 12.9. The SMILES string of the molecule is CNC(=O)C(C)Nc1cc(F)ccc1Br. The highest BCUT2D eigenvalue weighted by Crippen LogP contribution is 2.23. The first-order chi connectivity index (χ1) is 7.04. The highest BCUT2D eigenvalue weighted by atomic mass is 79.9. The zero-order chi connectivity index (χ0) is 11.4. The minimum Gasteiger partial charge on any atom is -0.373 e. The third kappa shape index (κ3) is 3.20. The van der Waals surface area contributed by atoms with Gasteiger partial charge in [-0.1, -0.05) is 0 Å². The number of likely N-dealkylation sites (N-methyl/N-ethyl adjacent to an activating group) is 1. The fraction of sp³-hybridized carbons (Fsp3) is 0.300. The van der Waals surface area contributed by atoms with Gasteiger partial charge in [0.15, 0.2) is 0 Å². The summed E-state index contributed by atoms with van der Waals surface area (Å²) >= 11 is 3.27. The van der Waals surface area contributed by atoms with Gasteiger partial charge in [-0.05, 0) is 41.1 Å². The monoisotopic (exact) mass is 274 g/mol. The summed E-state index contributed by atoms with van der Waals surface area (Å²) in [6, 6.07) is 3.87. The van der Waals surface area contributed by atoms with Crippen molar-refractivity contribution < 1.29 is 9.18 Å². The van der Waals surface area contributed by atoms with E-state index in [4.69, 9.17) is 0 Å². The summed E-state index contributed by atoms with van der Waals surface area (Å²) in [5.74, 6) is -0.490. The summed E-state index contributed by atoms with van der Waals surface area (Å²) in [4.78, 5) is 11.2. The van der Waals surface area contributed by atoms with Crippen LogP contribution in [0.25, 0.3) is 0 Å². The van der Waals surface area contributed by atoms with Gasteiger partial charge in [0.2, 0.25) is 5.91 Å². The molecule has 1 amide bonds. The van der Waals surface area contributed by atoms with Crippen LogP contribution in [0.2, 0.25) is 0 Å². The molecule has 0 spiro atoms. The van der Waals surface area contributed by atoms with Gasteiger partial charge in [-0.3, -0.25) is 4.79 Å². The van der Waals surface area contributed by atoms with Crippen molar-refractivity contribution in [1.82, 2.24) is 5.32 Å². The lowest BCUT2D eigenvalue weighted by Gasteiger charge is -2.14. The zero-order valence-electron chi connectivity index (χ0n) is 8.47. The summed E-state index contributed by atoms with van der Waals surface area (Å²) in [6.45, 7) is 1.70. The molecule has 1 aromatic rings. The number of carbonyl (C=O) groups excluding carboxylic acids is 1. The Morgan fingerprint density at radius 1 is 1.53 bits per heavy atom. The van der Waals surface area contributed by atoms with E-state index in [-0.39, 0.29) is 11.7 Å². The fourth-order valence-corrected chi connectivity index (χ4v) is 1.48. The van der Waals surface area contributed by atoms with Crippen LogP contribution in [0, 0.1) is 5.82 Å². The van der Waals surface area contributed by atoms with Crippen molar-refractivity contribution in [3.05, 3.63) is 28.5 Å². The molecular formula is C10H12BrFN2O. The fourth-order valence-electron chi connectivity index (χ4n) is 1.12. The smallest absolute Gasteiger partial charge is 0.241 e. The predicted octanol–water partition coefficient (Wildman–Crippen LogP) is 2.13. The Bertz CT molecular complexity index is 370. The standard InChI is InChI=1S/C10H12BrFN2O/c1-6(10(15)13-2)14-9-5-7(12)3-4-8(9)11/h3-6,14H,1-2H3,(H,13,15). The first-order valence-corrected chi connectivity index (χ1v) is 5.27. The maximum absolute atomic E-state index is 12.9. The molecule has 0 aliphatic carbocycles. The summed E-state index contributed by atoms with van der Waals surface area (Å²) in [5.41, 5.74) is 0.561.